The van der Waals surface area contributed by atoms with E-state index < -0.39 is 0 Å². The summed E-state index contributed by atoms with van der Waals surface area (Å²) in [6.45, 7) is -0.0623. The van der Waals surface area contributed by atoms with Crippen LogP contribution in [0.1, 0.15) is 0 Å². The quantitative estimate of drug-likeness (QED) is 0.156. The molecule has 0 N–H and O–H groups in total. The summed E-state index contributed by atoms with van der Waals surface area (Å²) in [5.41, 5.74) is 21.8. The van der Waals surface area contributed by atoms with E-state index >= 15 is 0 Å². The van der Waals surface area contributed by atoms with Crippen LogP contribution in [0.15, 0.2) is 241 Å². The maximum atomic E-state index is 6.69. The second kappa shape index (κ2) is 14.6. The van der Waals surface area contributed by atoms with Gasteiger partial charge in [0.25, 0.3) is 6.71 Å². The Morgan fingerprint density at radius 3 is 1.55 bits per heavy atom. The van der Waals surface area contributed by atoms with E-state index in [0.29, 0.717) is 0 Å². The Bertz CT molecular complexity index is 3520. The SMILES string of the molecule is c1ccc(-c2ccccc2N2c3ccccc3B3c4cc(-c5cccc6c5oc5ccccc56)ccc4N(c4c(-c5ccccc5)cccc4-c4ccccc4)c4cccc2c43)cc1. The van der Waals surface area contributed by atoms with E-state index in [-0.39, 0.29) is 6.71 Å². The monoisotopic (exact) mass is 814 g/mol. The van der Waals surface area contributed by atoms with Gasteiger partial charge in [0.15, 0.2) is 0 Å². The van der Waals surface area contributed by atoms with Gasteiger partial charge in [-0.2, -0.15) is 0 Å². The molecule has 1 aromatic heterocycles. The van der Waals surface area contributed by atoms with E-state index in [9.17, 15) is 0 Å². The van der Waals surface area contributed by atoms with Crippen LogP contribution >= 0.6 is 0 Å². The molecule has 4 heteroatoms. The van der Waals surface area contributed by atoms with Gasteiger partial charge in [-0.15, -0.1) is 0 Å². The molecule has 0 radical (unpaired) electrons. The van der Waals surface area contributed by atoms with Gasteiger partial charge in [0.1, 0.15) is 11.2 Å². The number of furan rings is 1. The lowest BCUT2D eigenvalue weighted by Gasteiger charge is -2.45. The Labute approximate surface area is 372 Å². The molecule has 10 aromatic carbocycles. The van der Waals surface area contributed by atoms with Crippen LogP contribution in [-0.4, -0.2) is 6.71 Å². The minimum atomic E-state index is -0.0623. The average molecular weight is 815 g/mol. The second-order valence-electron chi connectivity index (χ2n) is 16.7. The summed E-state index contributed by atoms with van der Waals surface area (Å²) in [5.74, 6) is 0. The van der Waals surface area contributed by atoms with Crippen LogP contribution in [-0.2, 0) is 0 Å². The summed E-state index contributed by atoms with van der Waals surface area (Å²) in [7, 11) is 0. The van der Waals surface area contributed by atoms with Crippen molar-refractivity contribution in [3.63, 3.8) is 0 Å². The second-order valence-corrected chi connectivity index (χ2v) is 16.7. The van der Waals surface area contributed by atoms with E-state index in [0.717, 1.165) is 50.1 Å². The molecule has 0 saturated heterocycles. The van der Waals surface area contributed by atoms with E-state index in [1.807, 2.05) is 6.07 Å². The molecule has 0 spiro atoms. The number of para-hydroxylation sites is 5. The number of rotatable bonds is 6. The molecule has 3 heterocycles. The maximum absolute atomic E-state index is 6.69. The van der Waals surface area contributed by atoms with Crippen molar-refractivity contribution in [2.45, 2.75) is 0 Å². The van der Waals surface area contributed by atoms with E-state index in [1.54, 1.807) is 0 Å². The van der Waals surface area contributed by atoms with E-state index in [4.69, 9.17) is 4.42 Å². The highest BCUT2D eigenvalue weighted by Gasteiger charge is 2.44. The first-order chi connectivity index (χ1) is 31.8. The third kappa shape index (κ3) is 5.56. The molecule has 0 atom stereocenters. The summed E-state index contributed by atoms with van der Waals surface area (Å²) in [5, 5.41) is 2.25. The fourth-order valence-corrected chi connectivity index (χ4v) is 10.5. The number of anilines is 6. The van der Waals surface area contributed by atoms with Gasteiger partial charge in [0.05, 0.1) is 11.4 Å². The predicted octanol–water partition coefficient (Wildman–Crippen LogP) is 14.3. The first-order valence-corrected chi connectivity index (χ1v) is 22.1. The molecule has 298 valence electrons. The first-order valence-electron chi connectivity index (χ1n) is 22.1. The van der Waals surface area contributed by atoms with Crippen LogP contribution in [0.3, 0.4) is 0 Å². The molecule has 64 heavy (non-hydrogen) atoms. The summed E-state index contributed by atoms with van der Waals surface area (Å²) in [6.07, 6.45) is 0. The molecule has 0 unspecified atom stereocenters. The third-order valence-electron chi connectivity index (χ3n) is 13.3. The third-order valence-corrected chi connectivity index (χ3v) is 13.3. The van der Waals surface area contributed by atoms with Gasteiger partial charge in [-0.25, -0.2) is 0 Å². The molecule has 2 aliphatic heterocycles. The van der Waals surface area contributed by atoms with E-state index in [2.05, 4.69) is 240 Å². The molecule has 0 amide bonds. The van der Waals surface area contributed by atoms with Crippen molar-refractivity contribution < 1.29 is 4.42 Å². The Morgan fingerprint density at radius 1 is 0.312 bits per heavy atom. The Hall–Kier alpha value is -8.34. The molecular weight excluding hydrogens is 775 g/mol. The summed E-state index contributed by atoms with van der Waals surface area (Å²) < 4.78 is 6.69. The highest BCUT2D eigenvalue weighted by atomic mass is 16.3. The highest BCUT2D eigenvalue weighted by molar-refractivity contribution is 7.00. The smallest absolute Gasteiger partial charge is 0.252 e. The van der Waals surface area contributed by atoms with Crippen LogP contribution in [0.4, 0.5) is 34.1 Å². The fraction of sp³-hybridized carbons (Fsp3) is 0. The Kier molecular flexibility index (Phi) is 8.32. The zero-order valence-electron chi connectivity index (χ0n) is 34.9. The van der Waals surface area contributed by atoms with Crippen molar-refractivity contribution in [1.29, 1.82) is 0 Å². The van der Waals surface area contributed by atoms with Crippen molar-refractivity contribution in [3.8, 4) is 44.5 Å². The van der Waals surface area contributed by atoms with Gasteiger partial charge in [0.2, 0.25) is 0 Å². The average Bonchev–Trinajstić information content (AvgIpc) is 3.76. The molecular formula is C60H39BN2O. The van der Waals surface area contributed by atoms with Crippen molar-refractivity contribution in [3.05, 3.63) is 237 Å². The molecule has 0 bridgehead atoms. The number of hydrogen-bond donors (Lipinski definition) is 0. The van der Waals surface area contributed by atoms with Gasteiger partial charge in [-0.3, -0.25) is 0 Å². The summed E-state index contributed by atoms with van der Waals surface area (Å²) >= 11 is 0. The van der Waals surface area contributed by atoms with Crippen molar-refractivity contribution >= 4 is 79.2 Å². The van der Waals surface area contributed by atoms with Gasteiger partial charge in [-0.1, -0.05) is 200 Å². The molecule has 0 saturated carbocycles. The van der Waals surface area contributed by atoms with E-state index in [1.165, 1.54) is 66.8 Å². The number of fused-ring (bicyclic) bond motifs is 7. The van der Waals surface area contributed by atoms with Crippen LogP contribution in [0.5, 0.6) is 0 Å². The number of nitrogens with zero attached hydrogens (tertiary/aromatic N) is 2. The molecule has 0 fully saturated rings. The predicted molar refractivity (Wildman–Crippen MR) is 269 cm³/mol. The minimum Gasteiger partial charge on any atom is -0.455 e. The van der Waals surface area contributed by atoms with Crippen molar-refractivity contribution in [2.75, 3.05) is 9.80 Å². The minimum absolute atomic E-state index is 0.0623. The van der Waals surface area contributed by atoms with Crippen molar-refractivity contribution in [1.82, 2.24) is 0 Å². The lowest BCUT2D eigenvalue weighted by Crippen LogP contribution is -2.61. The largest absolute Gasteiger partial charge is 0.455 e. The maximum Gasteiger partial charge on any atom is 0.252 e. The molecule has 11 aromatic rings. The Balaban J connectivity index is 1.13. The zero-order chi connectivity index (χ0) is 42.1. The van der Waals surface area contributed by atoms with Crippen LogP contribution in [0.25, 0.3) is 66.4 Å². The van der Waals surface area contributed by atoms with Crippen LogP contribution in [0, 0.1) is 0 Å². The zero-order valence-corrected chi connectivity index (χ0v) is 34.9. The molecule has 13 rings (SSSR count). The first kappa shape index (κ1) is 36.3. The summed E-state index contributed by atoms with van der Waals surface area (Å²) in [6, 6.07) is 86.1. The van der Waals surface area contributed by atoms with Crippen molar-refractivity contribution in [2.24, 2.45) is 0 Å². The molecule has 3 nitrogen and oxygen atoms in total. The standard InChI is InChI=1S/C60H39BN2O/c1-4-19-40(20-5-1)44-25-10-13-32-52(44)62-53-33-14-12-31-50(53)61-51-39-43(47-29-17-30-49-48-26-11-15-36-57(48)64-60(47)49)37-38-54(51)63(56-35-18-34-55(62)58(56)61)59-45(41-21-6-2-7-22-41)27-16-28-46(59)42-23-8-3-9-24-42/h1-39H. The van der Waals surface area contributed by atoms with Gasteiger partial charge in [0, 0.05) is 55.8 Å². The lowest BCUT2D eigenvalue weighted by molar-refractivity contribution is 0.670. The topological polar surface area (TPSA) is 19.6 Å². The van der Waals surface area contributed by atoms with Crippen LogP contribution < -0.4 is 26.2 Å². The molecule has 2 aliphatic rings. The number of benzene rings is 10. The van der Waals surface area contributed by atoms with Gasteiger partial charge in [-0.05, 0) is 75.0 Å². The van der Waals surface area contributed by atoms with Crippen LogP contribution in [0.2, 0.25) is 0 Å². The Morgan fingerprint density at radius 2 is 0.812 bits per heavy atom. The van der Waals surface area contributed by atoms with Gasteiger partial charge < -0.3 is 14.2 Å². The highest BCUT2D eigenvalue weighted by Crippen LogP contribution is 2.51. The lowest BCUT2D eigenvalue weighted by atomic mass is 9.33. The number of hydrogen-bond acceptors (Lipinski definition) is 3. The summed E-state index contributed by atoms with van der Waals surface area (Å²) in [4.78, 5) is 5.08. The fourth-order valence-electron chi connectivity index (χ4n) is 10.5. The van der Waals surface area contributed by atoms with Gasteiger partial charge >= 0.3 is 0 Å². The molecule has 0 aliphatic carbocycles. The normalized spacial score (nSPS) is 12.6.